The first kappa shape index (κ1) is 12.9. The van der Waals surface area contributed by atoms with E-state index in [-0.39, 0.29) is 6.29 Å². The van der Waals surface area contributed by atoms with E-state index in [0.717, 1.165) is 15.6 Å². The Balaban J connectivity index is 2.71. The molecule has 1 unspecified atom stereocenters. The minimum Gasteiger partial charge on any atom is -0.462 e. The van der Waals surface area contributed by atoms with Crippen molar-refractivity contribution in [3.8, 4) is 0 Å². The molecular weight excluding hydrogens is 222 g/mol. The van der Waals surface area contributed by atoms with Gasteiger partial charge in [-0.3, -0.25) is 0 Å². The molecule has 88 valence electrons. The molecule has 0 aliphatic carbocycles. The molecule has 0 bridgehead atoms. The average molecular weight is 239 g/mol. The van der Waals surface area contributed by atoms with E-state index >= 15 is 0 Å². The van der Waals surface area contributed by atoms with Crippen molar-refractivity contribution >= 4 is 23.2 Å². The van der Waals surface area contributed by atoms with E-state index in [2.05, 4.69) is 11.6 Å². The normalized spacial score (nSPS) is 13.6. The van der Waals surface area contributed by atoms with Crippen molar-refractivity contribution in [3.63, 3.8) is 0 Å². The highest BCUT2D eigenvalue weighted by Crippen LogP contribution is 2.24. The maximum absolute atomic E-state index is 5.64. The molecule has 0 saturated carbocycles. The second-order valence-electron chi connectivity index (χ2n) is 3.07. The number of aromatic nitrogens is 1. The van der Waals surface area contributed by atoms with Gasteiger partial charge in [-0.15, -0.1) is 11.3 Å². The third kappa shape index (κ3) is 3.47. The number of allylic oxidation sites excluding steroid dienone is 1. The van der Waals surface area contributed by atoms with E-state index in [0.29, 0.717) is 6.61 Å². The number of hydrogen-bond donors (Lipinski definition) is 0. The smallest absolute Gasteiger partial charge is 0.197 e. The Hall–Kier alpha value is -1.13. The molecule has 0 N–H and O–H groups in total. The van der Waals surface area contributed by atoms with Crippen molar-refractivity contribution in [1.29, 1.82) is 0 Å². The highest BCUT2D eigenvalue weighted by molar-refractivity contribution is 7.13. The van der Waals surface area contributed by atoms with Crippen LogP contribution in [-0.4, -0.2) is 17.9 Å². The molecule has 0 aliphatic heterocycles. The number of thiazole rings is 1. The molecule has 1 rings (SSSR count). The lowest BCUT2D eigenvalue weighted by Crippen LogP contribution is -2.11. The van der Waals surface area contributed by atoms with Gasteiger partial charge >= 0.3 is 0 Å². The van der Waals surface area contributed by atoms with Crippen LogP contribution in [0.5, 0.6) is 0 Å². The van der Waals surface area contributed by atoms with Crippen LogP contribution >= 0.6 is 11.3 Å². The van der Waals surface area contributed by atoms with Gasteiger partial charge in [-0.05, 0) is 26.8 Å². The molecule has 4 heteroatoms. The molecule has 0 aromatic carbocycles. The summed E-state index contributed by atoms with van der Waals surface area (Å²) in [4.78, 5) is 5.30. The first-order valence-electron chi connectivity index (χ1n) is 5.24. The first-order chi connectivity index (χ1) is 7.71. The van der Waals surface area contributed by atoms with Gasteiger partial charge in [-0.2, -0.15) is 0 Å². The lowest BCUT2D eigenvalue weighted by molar-refractivity contribution is -0.0785. The largest absolute Gasteiger partial charge is 0.462 e. The van der Waals surface area contributed by atoms with E-state index < -0.39 is 0 Å². The summed E-state index contributed by atoms with van der Waals surface area (Å²) in [6, 6.07) is 0. The Morgan fingerprint density at radius 2 is 2.44 bits per heavy atom. The predicted molar refractivity (Wildman–Crippen MR) is 68.0 cm³/mol. The summed E-state index contributed by atoms with van der Waals surface area (Å²) < 4.78 is 11.0. The lowest BCUT2D eigenvalue weighted by Gasteiger charge is -2.15. The summed E-state index contributed by atoms with van der Waals surface area (Å²) in [6.45, 7) is 10.1. The van der Waals surface area contributed by atoms with Crippen molar-refractivity contribution in [2.24, 2.45) is 0 Å². The van der Waals surface area contributed by atoms with Crippen LogP contribution in [0, 0.1) is 0 Å². The maximum atomic E-state index is 5.64. The molecule has 0 spiro atoms. The molecule has 0 saturated heterocycles. The number of rotatable bonds is 6. The summed E-state index contributed by atoms with van der Waals surface area (Å²) in [7, 11) is 0. The topological polar surface area (TPSA) is 31.4 Å². The molecule has 1 heterocycles. The van der Waals surface area contributed by atoms with Crippen LogP contribution in [0.4, 0.5) is 0 Å². The Bertz CT molecular complexity index is 371. The van der Waals surface area contributed by atoms with Gasteiger partial charge in [0.2, 0.25) is 0 Å². The van der Waals surface area contributed by atoms with Gasteiger partial charge in [0, 0.05) is 17.7 Å². The lowest BCUT2D eigenvalue weighted by atomic mass is 10.5. The molecule has 3 nitrogen and oxygen atoms in total. The predicted octanol–water partition coefficient (Wildman–Crippen LogP) is 3.55. The summed E-state index contributed by atoms with van der Waals surface area (Å²) in [5.74, 6) is 0.749. The highest BCUT2D eigenvalue weighted by atomic mass is 32.1. The standard InChI is InChI=1S/C12H17NO2S/c1-5-10-8-13-12(16-10)11(6-2)15-9(4)14-7-3/h5-6,8-9H,1,7H2,2-4H3. The van der Waals surface area contributed by atoms with Crippen molar-refractivity contribution in [1.82, 2.24) is 4.98 Å². The molecule has 1 aromatic rings. The average Bonchev–Trinajstić information content (AvgIpc) is 2.74. The minimum atomic E-state index is -0.257. The monoisotopic (exact) mass is 239 g/mol. The maximum Gasteiger partial charge on any atom is 0.197 e. The summed E-state index contributed by atoms with van der Waals surface area (Å²) in [5.41, 5.74) is 0. The summed E-state index contributed by atoms with van der Waals surface area (Å²) in [6.07, 6.45) is 5.19. The van der Waals surface area contributed by atoms with Gasteiger partial charge < -0.3 is 9.47 Å². The van der Waals surface area contributed by atoms with E-state index in [1.54, 1.807) is 23.6 Å². The van der Waals surface area contributed by atoms with Crippen LogP contribution in [0.15, 0.2) is 18.9 Å². The molecule has 0 fully saturated rings. The molecule has 0 aliphatic rings. The van der Waals surface area contributed by atoms with Crippen LogP contribution in [0.25, 0.3) is 11.8 Å². The molecule has 1 aromatic heterocycles. The summed E-state index contributed by atoms with van der Waals surface area (Å²) in [5, 5.41) is 0.851. The van der Waals surface area contributed by atoms with E-state index in [9.17, 15) is 0 Å². The fourth-order valence-electron chi connectivity index (χ4n) is 1.18. The van der Waals surface area contributed by atoms with E-state index in [1.165, 1.54) is 0 Å². The van der Waals surface area contributed by atoms with Gasteiger partial charge in [0.1, 0.15) is 0 Å². The third-order valence-electron chi connectivity index (χ3n) is 1.89. The number of hydrogen-bond acceptors (Lipinski definition) is 4. The number of ether oxygens (including phenoxy) is 2. The third-order valence-corrected chi connectivity index (χ3v) is 2.90. The first-order valence-corrected chi connectivity index (χ1v) is 6.06. The Labute approximate surface area is 100 Å². The van der Waals surface area contributed by atoms with Crippen LogP contribution in [-0.2, 0) is 9.47 Å². The van der Waals surface area contributed by atoms with Gasteiger partial charge in [-0.25, -0.2) is 4.98 Å². The van der Waals surface area contributed by atoms with E-state index in [4.69, 9.17) is 9.47 Å². The molecule has 0 amide bonds. The van der Waals surface area contributed by atoms with Crippen LogP contribution in [0.3, 0.4) is 0 Å². The van der Waals surface area contributed by atoms with E-state index in [1.807, 2.05) is 26.8 Å². The highest BCUT2D eigenvalue weighted by Gasteiger charge is 2.10. The zero-order valence-corrected chi connectivity index (χ0v) is 10.7. The van der Waals surface area contributed by atoms with Crippen molar-refractivity contribution in [2.75, 3.05) is 6.61 Å². The second-order valence-corrected chi connectivity index (χ2v) is 4.13. The van der Waals surface area contributed by atoms with Gasteiger partial charge in [0.25, 0.3) is 0 Å². The molecular formula is C12H17NO2S. The fraction of sp³-hybridized carbons (Fsp3) is 0.417. The van der Waals surface area contributed by atoms with Crippen LogP contribution < -0.4 is 0 Å². The second kappa shape index (κ2) is 6.45. The Morgan fingerprint density at radius 3 is 2.94 bits per heavy atom. The van der Waals surface area contributed by atoms with Crippen LogP contribution in [0.2, 0.25) is 0 Å². The molecule has 1 atom stereocenters. The van der Waals surface area contributed by atoms with Crippen molar-refractivity contribution in [3.05, 3.63) is 28.7 Å². The molecule has 16 heavy (non-hydrogen) atoms. The molecule has 0 radical (unpaired) electrons. The zero-order valence-electron chi connectivity index (χ0n) is 9.90. The number of nitrogens with zero attached hydrogens (tertiary/aromatic N) is 1. The van der Waals surface area contributed by atoms with Crippen LogP contribution in [0.1, 0.15) is 30.7 Å². The Morgan fingerprint density at radius 1 is 1.69 bits per heavy atom. The van der Waals surface area contributed by atoms with Gasteiger partial charge in [0.15, 0.2) is 17.1 Å². The van der Waals surface area contributed by atoms with Gasteiger partial charge in [0.05, 0.1) is 0 Å². The zero-order chi connectivity index (χ0) is 12.0. The van der Waals surface area contributed by atoms with Gasteiger partial charge in [-0.1, -0.05) is 12.7 Å². The fourth-order valence-corrected chi connectivity index (χ4v) is 1.97. The minimum absolute atomic E-state index is 0.257. The van der Waals surface area contributed by atoms with Crippen molar-refractivity contribution in [2.45, 2.75) is 27.1 Å². The quantitative estimate of drug-likeness (QED) is 0.562. The summed E-state index contributed by atoms with van der Waals surface area (Å²) >= 11 is 1.55. The van der Waals surface area contributed by atoms with Crippen molar-refractivity contribution < 1.29 is 9.47 Å². The SMILES string of the molecule is C=Cc1cnc(C(=CC)OC(C)OCC)s1. The Kier molecular flexibility index (Phi) is 5.22.